The Hall–Kier alpha value is -1.40. The van der Waals surface area contributed by atoms with Gasteiger partial charge in [0, 0.05) is 11.4 Å². The minimum Gasteiger partial charge on any atom is -0.391 e. The van der Waals surface area contributed by atoms with E-state index in [1.54, 1.807) is 18.3 Å². The fourth-order valence-electron chi connectivity index (χ4n) is 1.86. The monoisotopic (exact) mass is 308 g/mol. The second kappa shape index (κ2) is 6.15. The Labute approximate surface area is 129 Å². The number of anilines is 2. The van der Waals surface area contributed by atoms with E-state index in [9.17, 15) is 5.11 Å². The van der Waals surface area contributed by atoms with E-state index >= 15 is 0 Å². The van der Waals surface area contributed by atoms with Crippen LogP contribution in [0.15, 0.2) is 6.07 Å². The molecule has 0 bridgehead atoms. The number of hydrogen-bond acceptors (Lipinski definition) is 6. The van der Waals surface area contributed by atoms with E-state index in [0.29, 0.717) is 5.95 Å². The fraction of sp³-hybridized carbons (Fsp3) is 0.600. The zero-order chi connectivity index (χ0) is 15.6. The number of aliphatic hydroxyl groups excluding tert-OH is 1. The largest absolute Gasteiger partial charge is 0.391 e. The van der Waals surface area contributed by atoms with Crippen LogP contribution in [0.2, 0.25) is 0 Å². The second-order valence-corrected chi connectivity index (χ2v) is 7.16. The van der Waals surface area contributed by atoms with Crippen LogP contribution in [0.25, 0.3) is 10.2 Å². The van der Waals surface area contributed by atoms with Crippen molar-refractivity contribution in [1.29, 1.82) is 0 Å². The van der Waals surface area contributed by atoms with Gasteiger partial charge in [-0.05, 0) is 40.2 Å². The van der Waals surface area contributed by atoms with Crippen molar-refractivity contribution in [3.63, 3.8) is 0 Å². The maximum Gasteiger partial charge on any atom is 0.226 e. The molecule has 2 heterocycles. The van der Waals surface area contributed by atoms with E-state index in [1.165, 1.54) is 4.88 Å². The van der Waals surface area contributed by atoms with Crippen LogP contribution in [-0.4, -0.2) is 33.3 Å². The quantitative estimate of drug-likeness (QED) is 0.763. The topological polar surface area (TPSA) is 70.1 Å². The SMILES string of the molecule is CCCNc1nc(NC(C)(C)C(C)O)c2cc(C)sc2n1. The van der Waals surface area contributed by atoms with E-state index < -0.39 is 11.6 Å². The third kappa shape index (κ3) is 3.63. The average molecular weight is 308 g/mol. The third-order valence-corrected chi connectivity index (χ3v) is 4.48. The molecule has 21 heavy (non-hydrogen) atoms. The second-order valence-electron chi connectivity index (χ2n) is 5.92. The van der Waals surface area contributed by atoms with Crippen molar-refractivity contribution < 1.29 is 5.11 Å². The molecule has 6 heteroatoms. The average Bonchev–Trinajstić information content (AvgIpc) is 2.76. The highest BCUT2D eigenvalue weighted by Gasteiger charge is 2.25. The van der Waals surface area contributed by atoms with Gasteiger partial charge in [-0.1, -0.05) is 6.92 Å². The van der Waals surface area contributed by atoms with Gasteiger partial charge in [0.2, 0.25) is 5.95 Å². The fourth-order valence-corrected chi connectivity index (χ4v) is 2.74. The highest BCUT2D eigenvalue weighted by Crippen LogP contribution is 2.31. The summed E-state index contributed by atoms with van der Waals surface area (Å²) in [6, 6.07) is 2.09. The first-order chi connectivity index (χ1) is 9.83. The minimum absolute atomic E-state index is 0.459. The van der Waals surface area contributed by atoms with Crippen molar-refractivity contribution in [3.8, 4) is 0 Å². The molecule has 0 aliphatic rings. The lowest BCUT2D eigenvalue weighted by molar-refractivity contribution is 0.133. The van der Waals surface area contributed by atoms with Gasteiger partial charge < -0.3 is 15.7 Å². The molecule has 0 aliphatic heterocycles. The van der Waals surface area contributed by atoms with Crippen LogP contribution in [0.1, 0.15) is 39.0 Å². The molecule has 0 saturated heterocycles. The zero-order valence-corrected chi connectivity index (χ0v) is 14.1. The summed E-state index contributed by atoms with van der Waals surface area (Å²) in [7, 11) is 0. The van der Waals surface area contributed by atoms with E-state index in [-0.39, 0.29) is 0 Å². The van der Waals surface area contributed by atoms with E-state index in [1.807, 2.05) is 13.8 Å². The van der Waals surface area contributed by atoms with Crippen molar-refractivity contribution in [2.75, 3.05) is 17.2 Å². The predicted molar refractivity (Wildman–Crippen MR) is 90.3 cm³/mol. The van der Waals surface area contributed by atoms with Gasteiger partial charge in [-0.2, -0.15) is 4.98 Å². The number of aryl methyl sites for hydroxylation is 1. The number of aliphatic hydroxyl groups is 1. The van der Waals surface area contributed by atoms with Crippen LogP contribution in [0.5, 0.6) is 0 Å². The molecule has 0 spiro atoms. The lowest BCUT2D eigenvalue weighted by atomic mass is 9.99. The van der Waals surface area contributed by atoms with Crippen molar-refractivity contribution in [2.45, 2.75) is 52.7 Å². The van der Waals surface area contributed by atoms with Gasteiger partial charge in [0.05, 0.1) is 17.0 Å². The van der Waals surface area contributed by atoms with E-state index in [2.05, 4.69) is 40.5 Å². The molecular weight excluding hydrogens is 284 g/mol. The van der Waals surface area contributed by atoms with Crippen LogP contribution in [0.3, 0.4) is 0 Å². The molecule has 116 valence electrons. The van der Waals surface area contributed by atoms with Crippen LogP contribution in [0.4, 0.5) is 11.8 Å². The van der Waals surface area contributed by atoms with E-state index in [0.717, 1.165) is 29.0 Å². The normalized spacial score (nSPS) is 13.4. The summed E-state index contributed by atoms with van der Waals surface area (Å²) in [5, 5.41) is 17.5. The molecular formula is C15H24N4OS. The summed E-state index contributed by atoms with van der Waals surface area (Å²) in [6.07, 6.45) is 0.529. The van der Waals surface area contributed by atoms with Crippen molar-refractivity contribution >= 4 is 33.3 Å². The summed E-state index contributed by atoms with van der Waals surface area (Å²) < 4.78 is 0. The van der Waals surface area contributed by atoms with Crippen LogP contribution in [-0.2, 0) is 0 Å². The van der Waals surface area contributed by atoms with Gasteiger partial charge in [0.15, 0.2) is 0 Å². The number of nitrogens with zero attached hydrogens (tertiary/aromatic N) is 2. The number of nitrogens with one attached hydrogen (secondary N) is 2. The highest BCUT2D eigenvalue weighted by atomic mass is 32.1. The zero-order valence-electron chi connectivity index (χ0n) is 13.3. The Morgan fingerprint density at radius 1 is 1.38 bits per heavy atom. The molecule has 3 N–H and O–H groups in total. The van der Waals surface area contributed by atoms with Gasteiger partial charge >= 0.3 is 0 Å². The Kier molecular flexibility index (Phi) is 4.68. The first-order valence-electron chi connectivity index (χ1n) is 7.31. The molecule has 2 rings (SSSR count). The molecule has 0 aromatic carbocycles. The molecule has 5 nitrogen and oxygen atoms in total. The molecule has 0 amide bonds. The maximum absolute atomic E-state index is 9.91. The van der Waals surface area contributed by atoms with Gasteiger partial charge in [0.1, 0.15) is 10.6 Å². The number of thiophene rings is 1. The van der Waals surface area contributed by atoms with Gasteiger partial charge in [-0.3, -0.25) is 0 Å². The highest BCUT2D eigenvalue weighted by molar-refractivity contribution is 7.18. The predicted octanol–water partition coefficient (Wildman–Crippen LogP) is 3.39. The van der Waals surface area contributed by atoms with E-state index in [4.69, 9.17) is 0 Å². The van der Waals surface area contributed by atoms with Gasteiger partial charge in [-0.25, -0.2) is 4.98 Å². The van der Waals surface area contributed by atoms with Crippen LogP contribution >= 0.6 is 11.3 Å². The van der Waals surface area contributed by atoms with Crippen molar-refractivity contribution in [2.24, 2.45) is 0 Å². The smallest absolute Gasteiger partial charge is 0.226 e. The number of hydrogen-bond donors (Lipinski definition) is 3. The molecule has 1 unspecified atom stereocenters. The molecule has 0 saturated carbocycles. The Morgan fingerprint density at radius 2 is 2.10 bits per heavy atom. The molecule has 0 radical (unpaired) electrons. The molecule has 0 fully saturated rings. The van der Waals surface area contributed by atoms with Crippen LogP contribution in [0, 0.1) is 6.92 Å². The lowest BCUT2D eigenvalue weighted by Gasteiger charge is -2.30. The standard InChI is InChI=1S/C15H24N4OS/c1-6-7-16-14-17-12(19-15(4,5)10(3)20)11-8-9(2)21-13(11)18-14/h8,10,20H,6-7H2,1-5H3,(H2,16,17,18,19). The van der Waals surface area contributed by atoms with Crippen molar-refractivity contribution in [1.82, 2.24) is 9.97 Å². The minimum atomic E-state index is -0.491. The molecule has 2 aromatic rings. The first-order valence-corrected chi connectivity index (χ1v) is 8.13. The van der Waals surface area contributed by atoms with Crippen LogP contribution < -0.4 is 10.6 Å². The summed E-state index contributed by atoms with van der Waals surface area (Å²) in [4.78, 5) is 11.3. The third-order valence-electron chi connectivity index (χ3n) is 3.53. The lowest BCUT2D eigenvalue weighted by Crippen LogP contribution is -2.42. The maximum atomic E-state index is 9.91. The van der Waals surface area contributed by atoms with Gasteiger partial charge in [0.25, 0.3) is 0 Å². The molecule has 1 atom stereocenters. The first kappa shape index (κ1) is 16.0. The summed E-state index contributed by atoms with van der Waals surface area (Å²) in [5.41, 5.74) is -0.459. The Morgan fingerprint density at radius 3 is 2.71 bits per heavy atom. The van der Waals surface area contributed by atoms with Crippen molar-refractivity contribution in [3.05, 3.63) is 10.9 Å². The number of fused-ring (bicyclic) bond motifs is 1. The molecule has 2 aromatic heterocycles. The van der Waals surface area contributed by atoms with Gasteiger partial charge in [-0.15, -0.1) is 11.3 Å². The number of aromatic nitrogens is 2. The summed E-state index contributed by atoms with van der Waals surface area (Å²) in [5.74, 6) is 1.41. The molecule has 0 aliphatic carbocycles. The Bertz CT molecular complexity index is 621. The number of rotatable bonds is 6. The Balaban J connectivity index is 2.44. The summed E-state index contributed by atoms with van der Waals surface area (Å²) >= 11 is 1.65. The summed E-state index contributed by atoms with van der Waals surface area (Å²) in [6.45, 7) is 10.7.